The molecule has 7 aromatic rings. The molecule has 1 saturated heterocycles. The van der Waals surface area contributed by atoms with Gasteiger partial charge in [0.05, 0.1) is 12.2 Å². The van der Waals surface area contributed by atoms with Crippen molar-refractivity contribution in [2.24, 2.45) is 0 Å². The molecule has 49 heavy (non-hydrogen) atoms. The smallest absolute Gasteiger partial charge is 0.184 e. The van der Waals surface area contributed by atoms with Crippen LogP contribution in [-0.2, 0) is 26.5 Å². The van der Waals surface area contributed by atoms with Crippen molar-refractivity contribution >= 4 is 44.7 Å². The molecule has 3 aliphatic rings. The van der Waals surface area contributed by atoms with Crippen LogP contribution in [0.2, 0.25) is 0 Å². The van der Waals surface area contributed by atoms with Gasteiger partial charge in [-0.05, 0) is 60.7 Å². The number of hydrogen-bond acceptors (Lipinski definition) is 2. The van der Waals surface area contributed by atoms with E-state index in [0.717, 1.165) is 44.5 Å². The van der Waals surface area contributed by atoms with Crippen LogP contribution in [-0.4, -0.2) is 16.2 Å². The zero-order chi connectivity index (χ0) is 32.8. The van der Waals surface area contributed by atoms with E-state index in [1.165, 1.54) is 33.8 Å². The SMILES string of the molecule is Cc1cc2c(cc1C)[N@+]1(c3[c-]c(Oc4[c-]c(-n5c6ccccc6c6cccnc65)ccc4)cc(C(C)(C)C)c3)[CH-][N@@+]2(c2ccccc2)C1.[Pt]. The van der Waals surface area contributed by atoms with Gasteiger partial charge in [-0.1, -0.05) is 68.9 Å². The van der Waals surface area contributed by atoms with Gasteiger partial charge >= 0.3 is 0 Å². The maximum absolute atomic E-state index is 6.71. The number of benzene rings is 5. The number of quaternary nitrogens is 2. The Morgan fingerprint density at radius 1 is 0.735 bits per heavy atom. The molecule has 10 rings (SSSR count). The van der Waals surface area contributed by atoms with Crippen LogP contribution in [0.5, 0.6) is 11.5 Å². The van der Waals surface area contributed by atoms with Crippen LogP contribution in [0.3, 0.4) is 0 Å². The minimum absolute atomic E-state index is 0. The van der Waals surface area contributed by atoms with Gasteiger partial charge in [0.25, 0.3) is 0 Å². The maximum Gasteiger partial charge on any atom is 0.184 e. The molecule has 0 amide bonds. The Morgan fingerprint density at radius 2 is 1.43 bits per heavy atom. The number of aryl methyl sites for hydroxylation is 2. The molecule has 0 aliphatic carbocycles. The zero-order valence-electron chi connectivity index (χ0n) is 28.3. The Kier molecular flexibility index (Phi) is 7.28. The van der Waals surface area contributed by atoms with Gasteiger partial charge in [-0.25, -0.2) is 4.98 Å². The second-order valence-corrected chi connectivity index (χ2v) is 14.4. The molecule has 5 aromatic carbocycles. The van der Waals surface area contributed by atoms with Crippen LogP contribution in [0, 0.1) is 32.6 Å². The van der Waals surface area contributed by atoms with Gasteiger partial charge in [0.15, 0.2) is 18.0 Å². The Labute approximate surface area is 302 Å². The average Bonchev–Trinajstić information content (AvgIpc) is 3.65. The van der Waals surface area contributed by atoms with Gasteiger partial charge in [0.1, 0.15) is 11.3 Å². The quantitative estimate of drug-likeness (QED) is 0.128. The van der Waals surface area contributed by atoms with Crippen LogP contribution in [0.25, 0.3) is 27.6 Å². The molecule has 0 spiro atoms. The van der Waals surface area contributed by atoms with Gasteiger partial charge in [0.2, 0.25) is 0 Å². The predicted molar refractivity (Wildman–Crippen MR) is 196 cm³/mol. The number of hydrogen-bond donors (Lipinski definition) is 0. The summed E-state index contributed by atoms with van der Waals surface area (Å²) in [6.07, 6.45) is 1.84. The van der Waals surface area contributed by atoms with E-state index in [-0.39, 0.29) is 26.5 Å². The summed E-state index contributed by atoms with van der Waals surface area (Å²) in [5, 5.41) is 2.28. The van der Waals surface area contributed by atoms with Crippen LogP contribution in [0.1, 0.15) is 37.5 Å². The van der Waals surface area contributed by atoms with Crippen molar-refractivity contribution in [3.63, 3.8) is 0 Å². The van der Waals surface area contributed by atoms with E-state index in [1.54, 1.807) is 0 Å². The zero-order valence-corrected chi connectivity index (χ0v) is 30.5. The molecule has 0 unspecified atom stereocenters. The first-order chi connectivity index (χ1) is 23.2. The van der Waals surface area contributed by atoms with Crippen LogP contribution >= 0.6 is 0 Å². The van der Waals surface area contributed by atoms with E-state index in [4.69, 9.17) is 9.72 Å². The molecule has 5 heterocycles. The van der Waals surface area contributed by atoms with Crippen molar-refractivity contribution in [3.05, 3.63) is 151 Å². The second kappa shape index (κ2) is 11.2. The van der Waals surface area contributed by atoms with Gasteiger partial charge in [-0.2, -0.15) is 6.07 Å². The van der Waals surface area contributed by atoms with Crippen LogP contribution < -0.4 is 13.7 Å². The minimum Gasteiger partial charge on any atom is -0.509 e. The monoisotopic (exact) mass is 820 g/mol. The summed E-state index contributed by atoms with van der Waals surface area (Å²) in [6.45, 7) is 14.5. The molecule has 3 aliphatic heterocycles. The largest absolute Gasteiger partial charge is 0.509 e. The van der Waals surface area contributed by atoms with E-state index >= 15 is 0 Å². The first-order valence-corrected chi connectivity index (χ1v) is 16.6. The van der Waals surface area contributed by atoms with E-state index in [1.807, 2.05) is 24.4 Å². The number of nitrogens with zero attached hydrogens (tertiary/aromatic N) is 4. The van der Waals surface area contributed by atoms with Crippen molar-refractivity contribution < 1.29 is 25.8 Å². The summed E-state index contributed by atoms with van der Waals surface area (Å²) in [4.78, 5) is 4.76. The summed E-state index contributed by atoms with van der Waals surface area (Å²) < 4.78 is 10.2. The Hall–Kier alpha value is -4.54. The minimum atomic E-state index is -0.0948. The number of ether oxygens (including phenoxy) is 1. The third-order valence-electron chi connectivity index (χ3n) is 10.3. The van der Waals surface area contributed by atoms with Gasteiger partial charge < -0.3 is 13.8 Å². The molecule has 0 radical (unpaired) electrons. The molecule has 5 nitrogen and oxygen atoms in total. The van der Waals surface area contributed by atoms with Crippen molar-refractivity contribution in [3.8, 4) is 17.2 Å². The molecule has 6 heteroatoms. The first kappa shape index (κ1) is 31.7. The fourth-order valence-electron chi connectivity index (χ4n) is 7.63. The number of rotatable bonds is 5. The number of para-hydroxylation sites is 2. The predicted octanol–water partition coefficient (Wildman–Crippen LogP) is 10.9. The Balaban J connectivity index is 0.00000348. The number of fused-ring (bicyclic) bond motifs is 3. The molecule has 2 bridgehead atoms. The molecule has 2 aromatic heterocycles. The van der Waals surface area contributed by atoms with Crippen molar-refractivity contribution in [1.29, 1.82) is 0 Å². The molecule has 2 atom stereocenters. The second-order valence-electron chi connectivity index (χ2n) is 14.4. The Bertz CT molecular complexity index is 2350. The molecular weight excluding hydrogens is 784 g/mol. The number of pyridine rings is 1. The summed E-state index contributed by atoms with van der Waals surface area (Å²) in [7, 11) is 0. The van der Waals surface area contributed by atoms with Gasteiger partial charge in [-0.15, -0.1) is 35.9 Å². The van der Waals surface area contributed by atoms with E-state index < -0.39 is 0 Å². The van der Waals surface area contributed by atoms with Crippen molar-refractivity contribution in [2.45, 2.75) is 40.0 Å². The van der Waals surface area contributed by atoms with Crippen molar-refractivity contribution in [2.75, 3.05) is 6.67 Å². The fraction of sp³-hybridized carbons (Fsp3) is 0.163. The third-order valence-corrected chi connectivity index (χ3v) is 10.3. The number of aromatic nitrogens is 2. The fourth-order valence-corrected chi connectivity index (χ4v) is 7.63. The van der Waals surface area contributed by atoms with Crippen LogP contribution in [0.4, 0.5) is 22.7 Å². The molecule has 1 fully saturated rings. The molecule has 0 saturated carbocycles. The summed E-state index contributed by atoms with van der Waals surface area (Å²) in [5.74, 6) is 1.33. The molecule has 0 N–H and O–H groups in total. The topological polar surface area (TPSA) is 27.1 Å². The van der Waals surface area contributed by atoms with Gasteiger partial charge in [0, 0.05) is 67.4 Å². The van der Waals surface area contributed by atoms with Crippen LogP contribution in [0.15, 0.2) is 115 Å². The summed E-state index contributed by atoms with van der Waals surface area (Å²) in [5.41, 5.74) is 11.6. The molecular formula is C43H37N4OPt-. The Morgan fingerprint density at radius 3 is 2.18 bits per heavy atom. The normalized spacial score (nSPS) is 19.4. The van der Waals surface area contributed by atoms with E-state index in [0.29, 0.717) is 16.0 Å². The van der Waals surface area contributed by atoms with Gasteiger partial charge in [-0.3, -0.25) is 4.48 Å². The standard InChI is InChI=1S/C43H37N4O.Pt/c1-29-21-40-41(22-30(29)2)47(27-46(40,28-47)33-14-7-6-8-15-33)34-23-31(43(3,4)5)24-36(26-34)48-35-16-11-13-32(25-35)45-39-19-10-9-17-37(39)38-18-12-20-44-42(38)45;/h6-24,27H,28H2,1-5H3;/q-1;/t46-,47+;/m0./s1. The summed E-state index contributed by atoms with van der Waals surface area (Å²) in [6, 6.07) is 46.0. The maximum atomic E-state index is 6.71. The molecule has 246 valence electrons. The first-order valence-electron chi connectivity index (χ1n) is 16.6. The van der Waals surface area contributed by atoms with E-state index in [9.17, 15) is 0 Å². The summed E-state index contributed by atoms with van der Waals surface area (Å²) >= 11 is 0. The van der Waals surface area contributed by atoms with Crippen molar-refractivity contribution in [1.82, 2.24) is 18.5 Å². The van der Waals surface area contributed by atoms with E-state index in [2.05, 4.69) is 149 Å². The average molecular weight is 821 g/mol. The third kappa shape index (κ3) is 4.75.